The fraction of sp³-hybridized carbons (Fsp3) is 0.583. The molecule has 3 nitrogen and oxygen atoms in total. The van der Waals surface area contributed by atoms with Crippen LogP contribution in [0.25, 0.3) is 0 Å². The van der Waals surface area contributed by atoms with Gasteiger partial charge in [0.2, 0.25) is 5.88 Å². The molecule has 4 heteroatoms. The molecule has 16 heavy (non-hydrogen) atoms. The first-order chi connectivity index (χ1) is 7.45. The summed E-state index contributed by atoms with van der Waals surface area (Å²) in [7, 11) is 4.07. The molecule has 0 aromatic carbocycles. The summed E-state index contributed by atoms with van der Waals surface area (Å²) in [6, 6.07) is 3.76. The molecule has 1 heterocycles. The smallest absolute Gasteiger partial charge is 0.213 e. The molecule has 0 saturated heterocycles. The van der Waals surface area contributed by atoms with Gasteiger partial charge in [-0.05, 0) is 39.6 Å². The zero-order chi connectivity index (χ0) is 12.2. The molecule has 0 aliphatic heterocycles. The molecule has 0 amide bonds. The van der Waals surface area contributed by atoms with Crippen LogP contribution in [0.3, 0.4) is 0 Å². The number of nitrogens with zero attached hydrogens (tertiary/aromatic N) is 2. The van der Waals surface area contributed by atoms with Crippen LogP contribution in [0.1, 0.15) is 19.4 Å². The van der Waals surface area contributed by atoms with Gasteiger partial charge in [0.25, 0.3) is 0 Å². The molecule has 0 spiro atoms. The maximum Gasteiger partial charge on any atom is 0.213 e. The Morgan fingerprint density at radius 2 is 2.12 bits per heavy atom. The minimum absolute atomic E-state index is 0.0152. The Balaban J connectivity index is 2.60. The molecule has 0 aliphatic carbocycles. The van der Waals surface area contributed by atoms with E-state index in [-0.39, 0.29) is 5.54 Å². The highest BCUT2D eigenvalue weighted by Crippen LogP contribution is 2.15. The summed E-state index contributed by atoms with van der Waals surface area (Å²) < 4.78 is 5.66. The summed E-state index contributed by atoms with van der Waals surface area (Å²) in [6.45, 7) is 4.84. The van der Waals surface area contributed by atoms with Crippen LogP contribution in [0, 0.1) is 0 Å². The monoisotopic (exact) mass is 242 g/mol. The second-order valence-electron chi connectivity index (χ2n) is 4.63. The van der Waals surface area contributed by atoms with Crippen LogP contribution in [0.2, 0.25) is 0 Å². The van der Waals surface area contributed by atoms with Gasteiger partial charge in [0.05, 0.1) is 0 Å². The number of alkyl halides is 1. The molecular weight excluding hydrogens is 224 g/mol. The summed E-state index contributed by atoms with van der Waals surface area (Å²) in [6.07, 6.45) is 1.72. The molecule has 0 unspecified atom stereocenters. The normalized spacial score (nSPS) is 11.9. The SMILES string of the molecule is CN(C)C(C)(C)COc1cc(CCl)ccn1. The van der Waals surface area contributed by atoms with E-state index in [1.807, 2.05) is 26.2 Å². The number of likely N-dealkylation sites (N-methyl/N-ethyl adjacent to an activating group) is 1. The van der Waals surface area contributed by atoms with Crippen LogP contribution in [0.4, 0.5) is 0 Å². The predicted octanol–water partition coefficient (Wildman–Crippen LogP) is 2.54. The molecule has 90 valence electrons. The summed E-state index contributed by atoms with van der Waals surface area (Å²) in [5.74, 6) is 1.11. The molecule has 0 N–H and O–H groups in total. The lowest BCUT2D eigenvalue weighted by Gasteiger charge is -2.31. The Labute approximate surface area is 102 Å². The lowest BCUT2D eigenvalue weighted by atomic mass is 10.1. The fourth-order valence-electron chi connectivity index (χ4n) is 0.992. The van der Waals surface area contributed by atoms with Crippen molar-refractivity contribution in [1.82, 2.24) is 9.88 Å². The van der Waals surface area contributed by atoms with Crippen LogP contribution in [0.5, 0.6) is 5.88 Å². The van der Waals surface area contributed by atoms with Crippen LogP contribution >= 0.6 is 11.6 Å². The van der Waals surface area contributed by atoms with Crippen molar-refractivity contribution in [2.24, 2.45) is 0 Å². The molecular formula is C12H19ClN2O. The molecule has 0 bridgehead atoms. The van der Waals surface area contributed by atoms with Crippen molar-refractivity contribution in [3.63, 3.8) is 0 Å². The van der Waals surface area contributed by atoms with E-state index in [2.05, 4.69) is 23.7 Å². The van der Waals surface area contributed by atoms with Gasteiger partial charge in [-0.15, -0.1) is 11.6 Å². The number of halogens is 1. The third-order valence-electron chi connectivity index (χ3n) is 2.74. The van der Waals surface area contributed by atoms with Gasteiger partial charge in [-0.25, -0.2) is 4.98 Å². The standard InChI is InChI=1S/C12H19ClN2O/c1-12(2,15(3)4)9-16-11-7-10(8-13)5-6-14-11/h5-7H,8-9H2,1-4H3. The van der Waals surface area contributed by atoms with E-state index in [4.69, 9.17) is 16.3 Å². The van der Waals surface area contributed by atoms with E-state index in [1.165, 1.54) is 0 Å². The molecule has 0 atom stereocenters. The number of aromatic nitrogens is 1. The second-order valence-corrected chi connectivity index (χ2v) is 4.90. The van der Waals surface area contributed by atoms with Crippen molar-refractivity contribution in [1.29, 1.82) is 0 Å². The third-order valence-corrected chi connectivity index (χ3v) is 3.05. The van der Waals surface area contributed by atoms with Crippen molar-refractivity contribution in [3.8, 4) is 5.88 Å². The second kappa shape index (κ2) is 5.51. The lowest BCUT2D eigenvalue weighted by molar-refractivity contribution is 0.111. The Hall–Kier alpha value is -0.800. The quantitative estimate of drug-likeness (QED) is 0.742. The molecule has 1 aromatic heterocycles. The van der Waals surface area contributed by atoms with E-state index in [0.29, 0.717) is 18.4 Å². The van der Waals surface area contributed by atoms with Crippen LogP contribution in [-0.4, -0.2) is 36.1 Å². The minimum Gasteiger partial charge on any atom is -0.476 e. The molecule has 0 aliphatic rings. The molecule has 1 aromatic rings. The highest BCUT2D eigenvalue weighted by atomic mass is 35.5. The van der Waals surface area contributed by atoms with Gasteiger partial charge in [0, 0.05) is 23.7 Å². The number of hydrogen-bond donors (Lipinski definition) is 0. The Morgan fingerprint density at radius 1 is 1.44 bits per heavy atom. The number of hydrogen-bond acceptors (Lipinski definition) is 3. The number of rotatable bonds is 5. The van der Waals surface area contributed by atoms with Gasteiger partial charge < -0.3 is 9.64 Å². The van der Waals surface area contributed by atoms with Gasteiger partial charge in [-0.3, -0.25) is 0 Å². The van der Waals surface area contributed by atoms with Gasteiger partial charge >= 0.3 is 0 Å². The van der Waals surface area contributed by atoms with Crippen LogP contribution in [0.15, 0.2) is 18.3 Å². The third kappa shape index (κ3) is 3.65. The first-order valence-corrected chi connectivity index (χ1v) is 5.80. The number of ether oxygens (including phenoxy) is 1. The summed E-state index contributed by atoms with van der Waals surface area (Å²) >= 11 is 5.75. The van der Waals surface area contributed by atoms with Gasteiger partial charge in [-0.1, -0.05) is 0 Å². The average molecular weight is 243 g/mol. The maximum atomic E-state index is 5.75. The minimum atomic E-state index is -0.0152. The van der Waals surface area contributed by atoms with E-state index in [0.717, 1.165) is 5.56 Å². The van der Waals surface area contributed by atoms with Crippen molar-refractivity contribution >= 4 is 11.6 Å². The highest BCUT2D eigenvalue weighted by Gasteiger charge is 2.21. The van der Waals surface area contributed by atoms with Crippen molar-refractivity contribution in [2.45, 2.75) is 25.3 Å². The van der Waals surface area contributed by atoms with E-state index < -0.39 is 0 Å². The highest BCUT2D eigenvalue weighted by molar-refractivity contribution is 6.17. The molecule has 0 saturated carbocycles. The van der Waals surface area contributed by atoms with Gasteiger partial charge in [0.1, 0.15) is 6.61 Å². The first-order valence-electron chi connectivity index (χ1n) is 5.27. The molecule has 0 radical (unpaired) electrons. The van der Waals surface area contributed by atoms with Crippen molar-refractivity contribution in [3.05, 3.63) is 23.9 Å². The first kappa shape index (κ1) is 13.3. The fourth-order valence-corrected chi connectivity index (χ4v) is 1.16. The van der Waals surface area contributed by atoms with Gasteiger partial charge in [-0.2, -0.15) is 0 Å². The Kier molecular flexibility index (Phi) is 4.56. The lowest BCUT2D eigenvalue weighted by Crippen LogP contribution is -2.43. The van der Waals surface area contributed by atoms with E-state index in [1.54, 1.807) is 6.20 Å². The van der Waals surface area contributed by atoms with Crippen molar-refractivity contribution in [2.75, 3.05) is 20.7 Å². The predicted molar refractivity (Wildman–Crippen MR) is 67.1 cm³/mol. The summed E-state index contributed by atoms with van der Waals surface area (Å²) in [5, 5.41) is 0. The molecule has 0 fully saturated rings. The Bertz CT molecular complexity index is 340. The van der Waals surface area contributed by atoms with E-state index in [9.17, 15) is 0 Å². The number of pyridine rings is 1. The summed E-state index contributed by atoms with van der Waals surface area (Å²) in [4.78, 5) is 6.27. The van der Waals surface area contributed by atoms with Crippen LogP contribution in [-0.2, 0) is 5.88 Å². The largest absolute Gasteiger partial charge is 0.476 e. The van der Waals surface area contributed by atoms with E-state index >= 15 is 0 Å². The zero-order valence-corrected chi connectivity index (χ0v) is 11.1. The summed E-state index contributed by atoms with van der Waals surface area (Å²) in [5.41, 5.74) is 1.01. The van der Waals surface area contributed by atoms with Crippen LogP contribution < -0.4 is 4.74 Å². The average Bonchev–Trinajstić information content (AvgIpc) is 2.26. The van der Waals surface area contributed by atoms with Gasteiger partial charge in [0.15, 0.2) is 0 Å². The Morgan fingerprint density at radius 3 is 2.69 bits per heavy atom. The zero-order valence-electron chi connectivity index (χ0n) is 10.3. The maximum absolute atomic E-state index is 5.75. The molecule has 1 rings (SSSR count). The van der Waals surface area contributed by atoms with Crippen molar-refractivity contribution < 1.29 is 4.74 Å². The topological polar surface area (TPSA) is 25.4 Å².